The lowest BCUT2D eigenvalue weighted by molar-refractivity contribution is -0.134. The molecule has 1 aliphatic heterocycles. The summed E-state index contributed by atoms with van der Waals surface area (Å²) >= 11 is 0. The summed E-state index contributed by atoms with van der Waals surface area (Å²) in [7, 11) is 0. The quantitative estimate of drug-likeness (QED) is 0.903. The number of amides is 1. The normalized spacial score (nSPS) is 16.9. The van der Waals surface area contributed by atoms with E-state index in [0.717, 1.165) is 25.9 Å². The van der Waals surface area contributed by atoms with E-state index in [9.17, 15) is 4.79 Å². The number of nitriles is 1. The second-order valence-corrected chi connectivity index (χ2v) is 5.46. The van der Waals surface area contributed by atoms with Gasteiger partial charge in [-0.05, 0) is 25.2 Å². The number of nitrogens with two attached hydrogens (primary N) is 1. The number of nitrogens with zero attached hydrogens (tertiary/aromatic N) is 4. The Kier molecular flexibility index (Phi) is 6.66. The molecule has 0 radical (unpaired) electrons. The van der Waals surface area contributed by atoms with Gasteiger partial charge in [0.1, 0.15) is 6.07 Å². The summed E-state index contributed by atoms with van der Waals surface area (Å²) in [4.78, 5) is 18.0. The Morgan fingerprint density at radius 3 is 2.86 bits per heavy atom. The van der Waals surface area contributed by atoms with E-state index in [1.54, 1.807) is 17.0 Å². The highest BCUT2D eigenvalue weighted by molar-refractivity contribution is 5.85. The summed E-state index contributed by atoms with van der Waals surface area (Å²) < 4.78 is 1.73. The molecule has 6 nitrogen and oxygen atoms in total. The van der Waals surface area contributed by atoms with Gasteiger partial charge in [-0.15, -0.1) is 12.4 Å². The topological polar surface area (TPSA) is 87.9 Å². The average molecular weight is 312 g/mol. The number of piperidine rings is 1. The lowest BCUT2D eigenvalue weighted by atomic mass is 9.98. The van der Waals surface area contributed by atoms with Crippen molar-refractivity contribution in [1.82, 2.24) is 14.5 Å². The van der Waals surface area contributed by atoms with Crippen molar-refractivity contribution >= 4 is 18.3 Å². The minimum Gasteiger partial charge on any atom is -0.341 e. The third-order valence-corrected chi connectivity index (χ3v) is 3.91. The second-order valence-electron chi connectivity index (χ2n) is 5.46. The van der Waals surface area contributed by atoms with Crippen molar-refractivity contribution in [2.24, 2.45) is 11.7 Å². The fraction of sp³-hybridized carbons (Fsp3) is 0.643. The van der Waals surface area contributed by atoms with Gasteiger partial charge in [-0.1, -0.05) is 6.92 Å². The zero-order valence-corrected chi connectivity index (χ0v) is 13.1. The molecule has 0 saturated carbocycles. The summed E-state index contributed by atoms with van der Waals surface area (Å²) in [6.45, 7) is 4.37. The fourth-order valence-electron chi connectivity index (χ4n) is 2.47. The van der Waals surface area contributed by atoms with E-state index in [2.05, 4.69) is 11.9 Å². The molecule has 116 valence electrons. The number of rotatable bonds is 4. The first-order valence-electron chi connectivity index (χ1n) is 7.07. The van der Waals surface area contributed by atoms with Gasteiger partial charge in [0, 0.05) is 32.0 Å². The van der Waals surface area contributed by atoms with Gasteiger partial charge in [-0.3, -0.25) is 4.79 Å². The predicted molar refractivity (Wildman–Crippen MR) is 81.8 cm³/mol. The fourth-order valence-corrected chi connectivity index (χ4v) is 2.47. The lowest BCUT2D eigenvalue weighted by Crippen LogP contribution is -2.47. The molecule has 1 amide bonds. The summed E-state index contributed by atoms with van der Waals surface area (Å²) in [5.41, 5.74) is 5.98. The van der Waals surface area contributed by atoms with Crippen LogP contribution in [0.1, 0.15) is 32.0 Å². The Balaban J connectivity index is 0.00000220. The summed E-state index contributed by atoms with van der Waals surface area (Å²) in [6.07, 6.45) is 5.95. The maximum Gasteiger partial charge on any atom is 0.239 e. The van der Waals surface area contributed by atoms with Crippen LogP contribution < -0.4 is 5.73 Å². The lowest BCUT2D eigenvalue weighted by Gasteiger charge is -2.32. The van der Waals surface area contributed by atoms with Gasteiger partial charge in [0.25, 0.3) is 0 Å². The van der Waals surface area contributed by atoms with Crippen LogP contribution in [0.3, 0.4) is 0 Å². The Labute approximate surface area is 131 Å². The van der Waals surface area contributed by atoms with Crippen molar-refractivity contribution < 1.29 is 4.79 Å². The largest absolute Gasteiger partial charge is 0.341 e. The minimum atomic E-state index is -0.502. The number of hydrogen-bond donors (Lipinski definition) is 1. The number of hydrogen-bond acceptors (Lipinski definition) is 4. The van der Waals surface area contributed by atoms with Crippen LogP contribution in [0.25, 0.3) is 0 Å². The molecule has 1 fully saturated rings. The second kappa shape index (κ2) is 8.01. The highest BCUT2D eigenvalue weighted by Crippen LogP contribution is 2.17. The highest BCUT2D eigenvalue weighted by atomic mass is 35.5. The maximum atomic E-state index is 12.2. The van der Waals surface area contributed by atoms with E-state index in [0.29, 0.717) is 24.7 Å². The maximum absolute atomic E-state index is 12.2. The van der Waals surface area contributed by atoms with E-state index >= 15 is 0 Å². The van der Waals surface area contributed by atoms with Crippen LogP contribution in [0, 0.1) is 17.2 Å². The van der Waals surface area contributed by atoms with Crippen molar-refractivity contribution in [3.63, 3.8) is 0 Å². The molecule has 2 N–H and O–H groups in total. The number of aryl methyl sites for hydroxylation is 1. The van der Waals surface area contributed by atoms with Crippen molar-refractivity contribution in [3.8, 4) is 6.07 Å². The molecule has 0 aromatic carbocycles. The van der Waals surface area contributed by atoms with Gasteiger partial charge in [-0.2, -0.15) is 5.26 Å². The van der Waals surface area contributed by atoms with E-state index in [-0.39, 0.29) is 18.3 Å². The molecule has 7 heteroatoms. The van der Waals surface area contributed by atoms with Gasteiger partial charge in [0.15, 0.2) is 0 Å². The molecule has 1 saturated heterocycles. The average Bonchev–Trinajstić information content (AvgIpc) is 2.92. The number of carbonyl (C=O) groups is 1. The van der Waals surface area contributed by atoms with Crippen LogP contribution >= 0.6 is 12.4 Å². The summed E-state index contributed by atoms with van der Waals surface area (Å²) in [6, 6.07) is 1.51. The zero-order valence-electron chi connectivity index (χ0n) is 12.2. The van der Waals surface area contributed by atoms with Gasteiger partial charge in [0.2, 0.25) is 11.7 Å². The molecule has 1 aromatic rings. The Morgan fingerprint density at radius 2 is 2.24 bits per heavy atom. The predicted octanol–water partition coefficient (Wildman–Crippen LogP) is 1.15. The van der Waals surface area contributed by atoms with Crippen LogP contribution in [0.5, 0.6) is 0 Å². The third kappa shape index (κ3) is 4.45. The van der Waals surface area contributed by atoms with Crippen molar-refractivity contribution in [2.75, 3.05) is 13.1 Å². The standard InChI is InChI=1S/C14H21N5O.ClH/c1-11-2-6-19(7-3-11)14(20)12(16)4-8-18-9-5-17-13(18)10-15;/h5,9,11-12H,2-4,6-8,16H2,1H3;1H. The molecule has 0 spiro atoms. The van der Waals surface area contributed by atoms with E-state index in [1.807, 2.05) is 11.0 Å². The van der Waals surface area contributed by atoms with Crippen LogP contribution in [0.4, 0.5) is 0 Å². The third-order valence-electron chi connectivity index (χ3n) is 3.91. The SMILES string of the molecule is CC1CCN(C(=O)C(N)CCn2ccnc2C#N)CC1.Cl. The number of imidazole rings is 1. The molecule has 21 heavy (non-hydrogen) atoms. The first-order valence-corrected chi connectivity index (χ1v) is 7.07. The molecule has 0 bridgehead atoms. The van der Waals surface area contributed by atoms with Gasteiger partial charge >= 0.3 is 0 Å². The molecular weight excluding hydrogens is 290 g/mol. The van der Waals surface area contributed by atoms with Crippen molar-refractivity contribution in [3.05, 3.63) is 18.2 Å². The Hall–Kier alpha value is -1.58. The van der Waals surface area contributed by atoms with E-state index in [4.69, 9.17) is 11.0 Å². The van der Waals surface area contributed by atoms with Crippen LogP contribution in [0.15, 0.2) is 12.4 Å². The zero-order chi connectivity index (χ0) is 14.5. The number of halogens is 1. The van der Waals surface area contributed by atoms with Crippen molar-refractivity contribution in [2.45, 2.75) is 38.8 Å². The number of aromatic nitrogens is 2. The van der Waals surface area contributed by atoms with Crippen LogP contribution in [-0.4, -0.2) is 39.5 Å². The van der Waals surface area contributed by atoms with Gasteiger partial charge in [-0.25, -0.2) is 4.98 Å². The van der Waals surface area contributed by atoms with Crippen molar-refractivity contribution in [1.29, 1.82) is 5.26 Å². The minimum absolute atomic E-state index is 0. The Bertz CT molecular complexity index is 502. The molecular formula is C14H22ClN5O. The highest BCUT2D eigenvalue weighted by Gasteiger charge is 2.24. The van der Waals surface area contributed by atoms with Gasteiger partial charge < -0.3 is 15.2 Å². The smallest absolute Gasteiger partial charge is 0.239 e. The number of carbonyl (C=O) groups excluding carboxylic acids is 1. The molecule has 0 aliphatic carbocycles. The molecule has 1 aromatic heterocycles. The van der Waals surface area contributed by atoms with E-state index < -0.39 is 6.04 Å². The molecule has 1 unspecified atom stereocenters. The molecule has 1 aliphatic rings. The first-order chi connectivity index (χ1) is 9.61. The number of likely N-dealkylation sites (tertiary alicyclic amines) is 1. The first kappa shape index (κ1) is 17.5. The van der Waals surface area contributed by atoms with Gasteiger partial charge in [0.05, 0.1) is 6.04 Å². The molecule has 2 rings (SSSR count). The Morgan fingerprint density at radius 1 is 1.57 bits per heavy atom. The summed E-state index contributed by atoms with van der Waals surface area (Å²) in [5, 5.41) is 8.87. The molecule has 1 atom stereocenters. The monoisotopic (exact) mass is 311 g/mol. The van der Waals surface area contributed by atoms with Crippen LogP contribution in [0.2, 0.25) is 0 Å². The van der Waals surface area contributed by atoms with Crippen LogP contribution in [-0.2, 0) is 11.3 Å². The summed E-state index contributed by atoms with van der Waals surface area (Å²) in [5.74, 6) is 1.08. The van der Waals surface area contributed by atoms with E-state index in [1.165, 1.54) is 0 Å². The molecule has 2 heterocycles.